The molecule has 4 heteroatoms. The molecule has 1 aromatic heterocycles. The normalized spacial score (nSPS) is 15.5. The summed E-state index contributed by atoms with van der Waals surface area (Å²) in [7, 11) is 0. The zero-order chi connectivity index (χ0) is 10.3. The summed E-state index contributed by atoms with van der Waals surface area (Å²) >= 11 is 3.43. The number of nitrogens with one attached hydrogen (secondary N) is 1. The highest BCUT2D eigenvalue weighted by Crippen LogP contribution is 2.29. The quantitative estimate of drug-likeness (QED) is 0.906. The molecule has 0 radical (unpaired) electrons. The molecule has 3 rings (SSSR count). The van der Waals surface area contributed by atoms with Crippen molar-refractivity contribution < 1.29 is 0 Å². The van der Waals surface area contributed by atoms with Crippen LogP contribution in [-0.4, -0.2) is 16.2 Å². The van der Waals surface area contributed by atoms with Gasteiger partial charge in [0.1, 0.15) is 0 Å². The lowest BCUT2D eigenvalue weighted by Crippen LogP contribution is -2.02. The molecule has 1 fully saturated rings. The highest BCUT2D eigenvalue weighted by Gasteiger charge is 2.21. The molecule has 1 N–H and O–H groups in total. The number of rotatable bonds is 2. The zero-order valence-corrected chi connectivity index (χ0v) is 9.66. The largest absolute Gasteiger partial charge is 0.380 e. The van der Waals surface area contributed by atoms with Gasteiger partial charge in [0.25, 0.3) is 0 Å². The lowest BCUT2D eigenvalue weighted by molar-refractivity contribution is 1.06. The lowest BCUT2D eigenvalue weighted by atomic mass is 10.2. The molecule has 0 amide bonds. The number of hydrogen-bond acceptors (Lipinski definition) is 3. The summed E-state index contributed by atoms with van der Waals surface area (Å²) in [5.41, 5.74) is 2.02. The molecule has 76 valence electrons. The summed E-state index contributed by atoms with van der Waals surface area (Å²) in [4.78, 5) is 0. The molecule has 3 nitrogen and oxygen atoms in total. The van der Waals surface area contributed by atoms with Crippen LogP contribution in [0.1, 0.15) is 12.8 Å². The van der Waals surface area contributed by atoms with Crippen LogP contribution in [0.25, 0.3) is 10.9 Å². The molecular weight excluding hydrogens is 254 g/mol. The summed E-state index contributed by atoms with van der Waals surface area (Å²) in [6, 6.07) is 6.72. The third-order valence-electron chi connectivity index (χ3n) is 2.54. The second-order valence-corrected chi connectivity index (χ2v) is 4.75. The molecule has 1 heterocycles. The Labute approximate surface area is 96.0 Å². The Bertz CT molecular complexity index is 508. The van der Waals surface area contributed by atoms with Gasteiger partial charge in [-0.3, -0.25) is 0 Å². The monoisotopic (exact) mass is 263 g/mol. The fourth-order valence-electron chi connectivity index (χ4n) is 1.60. The van der Waals surface area contributed by atoms with E-state index in [2.05, 4.69) is 37.5 Å². The Morgan fingerprint density at radius 3 is 3.00 bits per heavy atom. The van der Waals surface area contributed by atoms with E-state index in [0.29, 0.717) is 6.04 Å². The standard InChI is InChI=1S/C11H10BrN3/c12-7-1-4-9-10(5-7)15-13-6-11(9)14-8-2-3-8/h1,4-6,8H,2-3H2,(H,14,15). The molecule has 0 atom stereocenters. The molecular formula is C11H10BrN3. The van der Waals surface area contributed by atoms with Gasteiger partial charge in [0.05, 0.1) is 17.4 Å². The highest BCUT2D eigenvalue weighted by atomic mass is 79.9. The minimum absolute atomic E-state index is 0.640. The van der Waals surface area contributed by atoms with E-state index in [-0.39, 0.29) is 0 Å². The third-order valence-corrected chi connectivity index (χ3v) is 3.03. The lowest BCUT2D eigenvalue weighted by Gasteiger charge is -2.06. The van der Waals surface area contributed by atoms with Gasteiger partial charge >= 0.3 is 0 Å². The molecule has 0 aliphatic heterocycles. The van der Waals surface area contributed by atoms with Crippen molar-refractivity contribution >= 4 is 32.5 Å². The van der Waals surface area contributed by atoms with Gasteiger partial charge in [-0.05, 0) is 31.0 Å². The van der Waals surface area contributed by atoms with Crippen molar-refractivity contribution in [1.82, 2.24) is 10.2 Å². The Morgan fingerprint density at radius 2 is 2.20 bits per heavy atom. The van der Waals surface area contributed by atoms with Gasteiger partial charge < -0.3 is 5.32 Å². The number of halogens is 1. The van der Waals surface area contributed by atoms with Crippen LogP contribution >= 0.6 is 15.9 Å². The number of fused-ring (bicyclic) bond motifs is 1. The predicted octanol–water partition coefficient (Wildman–Crippen LogP) is 2.97. The molecule has 0 spiro atoms. The molecule has 0 bridgehead atoms. The fraction of sp³-hybridized carbons (Fsp3) is 0.273. The number of hydrogen-bond donors (Lipinski definition) is 1. The van der Waals surface area contributed by atoms with E-state index in [1.807, 2.05) is 12.1 Å². The van der Waals surface area contributed by atoms with Crippen molar-refractivity contribution in [3.63, 3.8) is 0 Å². The minimum atomic E-state index is 0.640. The topological polar surface area (TPSA) is 37.8 Å². The van der Waals surface area contributed by atoms with Gasteiger partial charge in [0, 0.05) is 15.9 Å². The zero-order valence-electron chi connectivity index (χ0n) is 8.07. The number of benzene rings is 1. The van der Waals surface area contributed by atoms with Crippen molar-refractivity contribution in [3.8, 4) is 0 Å². The molecule has 0 unspecified atom stereocenters. The third kappa shape index (κ3) is 1.81. The van der Waals surface area contributed by atoms with Crippen molar-refractivity contribution in [2.24, 2.45) is 0 Å². The first kappa shape index (κ1) is 9.09. The Morgan fingerprint density at radius 1 is 1.33 bits per heavy atom. The maximum Gasteiger partial charge on any atom is 0.0961 e. The van der Waals surface area contributed by atoms with E-state index < -0.39 is 0 Å². The van der Waals surface area contributed by atoms with E-state index in [9.17, 15) is 0 Å². The van der Waals surface area contributed by atoms with Crippen molar-refractivity contribution in [2.75, 3.05) is 5.32 Å². The van der Waals surface area contributed by atoms with E-state index in [0.717, 1.165) is 21.1 Å². The highest BCUT2D eigenvalue weighted by molar-refractivity contribution is 9.10. The molecule has 0 saturated heterocycles. The number of aromatic nitrogens is 2. The van der Waals surface area contributed by atoms with Crippen molar-refractivity contribution in [1.29, 1.82) is 0 Å². The van der Waals surface area contributed by atoms with Gasteiger partial charge in [-0.15, -0.1) is 0 Å². The molecule has 15 heavy (non-hydrogen) atoms. The predicted molar refractivity (Wildman–Crippen MR) is 63.9 cm³/mol. The van der Waals surface area contributed by atoms with Gasteiger partial charge in [0.15, 0.2) is 0 Å². The van der Waals surface area contributed by atoms with Crippen LogP contribution in [0.4, 0.5) is 5.69 Å². The van der Waals surface area contributed by atoms with Gasteiger partial charge in [-0.1, -0.05) is 15.9 Å². The minimum Gasteiger partial charge on any atom is -0.380 e. The average molecular weight is 264 g/mol. The SMILES string of the molecule is Brc1ccc2c(NC3CC3)cnnc2c1. The van der Waals surface area contributed by atoms with E-state index in [1.165, 1.54) is 12.8 Å². The van der Waals surface area contributed by atoms with Crippen molar-refractivity contribution in [2.45, 2.75) is 18.9 Å². The van der Waals surface area contributed by atoms with Crippen LogP contribution in [-0.2, 0) is 0 Å². The molecule has 1 aliphatic carbocycles. The van der Waals surface area contributed by atoms with Crippen LogP contribution in [0.2, 0.25) is 0 Å². The Balaban J connectivity index is 2.12. The van der Waals surface area contributed by atoms with E-state index in [4.69, 9.17) is 0 Å². The van der Waals surface area contributed by atoms with Gasteiger partial charge in [-0.25, -0.2) is 0 Å². The maximum atomic E-state index is 4.11. The van der Waals surface area contributed by atoms with Crippen LogP contribution in [0.3, 0.4) is 0 Å². The summed E-state index contributed by atoms with van der Waals surface area (Å²) in [5.74, 6) is 0. The first-order chi connectivity index (χ1) is 7.33. The van der Waals surface area contributed by atoms with E-state index >= 15 is 0 Å². The number of anilines is 1. The summed E-state index contributed by atoms with van der Waals surface area (Å²) < 4.78 is 1.04. The Hall–Kier alpha value is -1.16. The second-order valence-electron chi connectivity index (χ2n) is 3.84. The van der Waals surface area contributed by atoms with E-state index in [1.54, 1.807) is 6.20 Å². The van der Waals surface area contributed by atoms with Crippen molar-refractivity contribution in [3.05, 3.63) is 28.9 Å². The van der Waals surface area contributed by atoms with Crippen LogP contribution < -0.4 is 5.32 Å². The summed E-state index contributed by atoms with van der Waals surface area (Å²) in [6.07, 6.45) is 4.33. The molecule has 1 aliphatic rings. The van der Waals surface area contributed by atoms with Gasteiger partial charge in [0.2, 0.25) is 0 Å². The summed E-state index contributed by atoms with van der Waals surface area (Å²) in [6.45, 7) is 0. The first-order valence-electron chi connectivity index (χ1n) is 5.00. The molecule has 2 aromatic rings. The summed E-state index contributed by atoms with van der Waals surface area (Å²) in [5, 5.41) is 12.7. The van der Waals surface area contributed by atoms with Gasteiger partial charge in [-0.2, -0.15) is 10.2 Å². The van der Waals surface area contributed by atoms with Crippen LogP contribution in [0.5, 0.6) is 0 Å². The van der Waals surface area contributed by atoms with Crippen LogP contribution in [0, 0.1) is 0 Å². The molecule has 1 saturated carbocycles. The first-order valence-corrected chi connectivity index (χ1v) is 5.80. The number of nitrogens with zero attached hydrogens (tertiary/aromatic N) is 2. The smallest absolute Gasteiger partial charge is 0.0961 e. The van der Waals surface area contributed by atoms with Crippen LogP contribution in [0.15, 0.2) is 28.9 Å². The fourth-order valence-corrected chi connectivity index (χ4v) is 1.95. The maximum absolute atomic E-state index is 4.11. The second kappa shape index (κ2) is 3.45. The Kier molecular flexibility index (Phi) is 2.09. The molecule has 1 aromatic carbocycles. The average Bonchev–Trinajstić information content (AvgIpc) is 3.01.